The molecule has 0 saturated carbocycles. The van der Waals surface area contributed by atoms with Crippen LogP contribution in [0, 0.1) is 17.6 Å². The molecule has 0 spiro atoms. The molecule has 2 aliphatic heterocycles. The second-order valence-corrected chi connectivity index (χ2v) is 16.4. The number of carbonyl (C=O) groups excluding carboxylic acids is 2. The Bertz CT molecular complexity index is 2690. The van der Waals surface area contributed by atoms with Crippen LogP contribution in [-0.4, -0.2) is 93.7 Å². The predicted octanol–water partition coefficient (Wildman–Crippen LogP) is 10.7. The van der Waals surface area contributed by atoms with Crippen LogP contribution in [-0.2, 0) is 42.3 Å². The molecule has 3 N–H and O–H groups in total. The number of halogens is 6. The van der Waals surface area contributed by atoms with Crippen molar-refractivity contribution in [1.29, 1.82) is 0 Å². The number of carbonyl (C=O) groups is 1. The van der Waals surface area contributed by atoms with Crippen LogP contribution in [0.4, 0.5) is 31.8 Å². The third kappa shape index (κ3) is 12.8. The third-order valence-electron chi connectivity index (χ3n) is 10.6. The number of rotatable bonds is 10. The molecule has 0 unspecified atom stereocenters. The van der Waals surface area contributed by atoms with E-state index in [0.29, 0.717) is 70.9 Å². The molecule has 21 heteroatoms. The molecular formula is C45H43Cl4F2N8O6Y-. The van der Waals surface area contributed by atoms with Crippen molar-refractivity contribution in [3.8, 4) is 23.0 Å². The maximum atomic E-state index is 14.6. The number of piperidine rings is 2. The Kier molecular flexibility index (Phi) is 19.2. The number of amides is 2. The van der Waals surface area contributed by atoms with Crippen LogP contribution >= 0.6 is 46.4 Å². The van der Waals surface area contributed by atoms with Crippen molar-refractivity contribution >= 4 is 104 Å². The van der Waals surface area contributed by atoms with Gasteiger partial charge in [0.1, 0.15) is 30.4 Å². The Morgan fingerprint density at radius 3 is 1.76 bits per heavy atom. The molecule has 4 heterocycles. The maximum Gasteiger partial charge on any atom is 0.245 e. The summed E-state index contributed by atoms with van der Waals surface area (Å²) in [6.07, 6.45) is 9.45. The van der Waals surface area contributed by atoms with Gasteiger partial charge in [0.05, 0.1) is 56.7 Å². The zero-order valence-corrected chi connectivity index (χ0v) is 41.7. The molecule has 8 rings (SSSR count). The van der Waals surface area contributed by atoms with E-state index in [0.717, 1.165) is 31.8 Å². The van der Waals surface area contributed by atoms with Crippen molar-refractivity contribution < 1.29 is 70.4 Å². The van der Waals surface area contributed by atoms with E-state index < -0.39 is 11.6 Å². The largest absolute Gasteiger partial charge is 0.520 e. The average molecular weight is 1060 g/mol. The number of likely N-dealkylation sites (tertiary alicyclic amines) is 2. The summed E-state index contributed by atoms with van der Waals surface area (Å²) < 4.78 is 45.5. The summed E-state index contributed by atoms with van der Waals surface area (Å²) in [6, 6.07) is 12.4. The Morgan fingerprint density at radius 1 is 0.773 bits per heavy atom. The molecule has 6 aromatic rings. The minimum absolute atomic E-state index is 0. The van der Waals surface area contributed by atoms with Crippen LogP contribution in [0.5, 0.6) is 23.0 Å². The number of benzene rings is 4. The number of phenols is 1. The van der Waals surface area contributed by atoms with Gasteiger partial charge in [-0.3, -0.25) is 4.79 Å². The molecule has 345 valence electrons. The molecule has 1 radical (unpaired) electrons. The number of nitrogens with one attached hydrogen (secondary N) is 2. The summed E-state index contributed by atoms with van der Waals surface area (Å²) in [5.41, 5.74) is 1.35. The first-order valence-corrected chi connectivity index (χ1v) is 21.6. The second kappa shape index (κ2) is 24.3. The molecule has 2 amide bonds. The Hall–Kier alpha value is -4.84. The first-order valence-electron chi connectivity index (χ1n) is 20.1. The first kappa shape index (κ1) is 52.1. The van der Waals surface area contributed by atoms with Gasteiger partial charge in [-0.25, -0.2) is 28.7 Å². The summed E-state index contributed by atoms with van der Waals surface area (Å²) in [5.74, 6) is 1.25. The van der Waals surface area contributed by atoms with E-state index in [1.165, 1.54) is 56.2 Å². The fourth-order valence-electron chi connectivity index (χ4n) is 6.85. The van der Waals surface area contributed by atoms with Gasteiger partial charge in [0.2, 0.25) is 5.91 Å². The van der Waals surface area contributed by atoms with E-state index in [-0.39, 0.29) is 87.7 Å². The second-order valence-electron chi connectivity index (χ2n) is 14.8. The smallest absolute Gasteiger partial charge is 0.245 e. The number of anilines is 4. The first-order chi connectivity index (χ1) is 31.2. The van der Waals surface area contributed by atoms with Crippen molar-refractivity contribution in [2.45, 2.75) is 38.7 Å². The molecule has 2 aliphatic rings. The third-order valence-corrected chi connectivity index (χ3v) is 12.1. The molecule has 0 bridgehead atoms. The standard InChI is InChI=1S/C23H21Cl2FN4O3.C15H10Cl2FN3O2.C7H12NO.Y/c1-3-20(31)30-8-6-13(7-9-30)33-19-10-14-17(11-18(19)32-2)27-12-28-23(14)29-16-5-4-15(24)21(25)22(16)26;1-23-12-5-10-7(4-11(12)22)15(20-6-19-10)21-9-3-2-8(16)13(17)14(9)18;1-7-2-4-8(6-9)5-3-7;/h3-5,10-13H,1,6-9H2,2H3,(H,27,28,29);2-6,22H,1H3,(H,19,20,21);7H,2-5H2,1H3;/q;;-1;. The van der Waals surface area contributed by atoms with Gasteiger partial charge < -0.3 is 44.5 Å². The normalized spacial score (nSPS) is 13.9. The fourth-order valence-corrected chi connectivity index (χ4v) is 7.47. The minimum Gasteiger partial charge on any atom is -0.520 e. The number of aromatic nitrogens is 4. The van der Waals surface area contributed by atoms with Gasteiger partial charge in [-0.05, 0) is 74.3 Å². The quantitative estimate of drug-likeness (QED) is 0.0677. The Balaban J connectivity index is 0.000000214. The summed E-state index contributed by atoms with van der Waals surface area (Å²) in [5, 5.41) is 16.7. The van der Waals surface area contributed by atoms with Crippen molar-refractivity contribution in [2.75, 3.05) is 51.0 Å². The SMILES string of the molecule is C=CC(=O)N1CCC(Oc2cc3c(Nc4ccc(Cl)c(Cl)c4F)ncnc3cc2OC)CC1.CC1CCN([C-]=O)CC1.COc1cc2ncnc(Nc3ccc(Cl)c(Cl)c3F)c2cc1O.[Y]. The van der Waals surface area contributed by atoms with Crippen molar-refractivity contribution in [3.05, 3.63) is 106 Å². The Morgan fingerprint density at radius 2 is 1.27 bits per heavy atom. The number of ether oxygens (including phenoxy) is 3. The monoisotopic (exact) mass is 1060 g/mol. The van der Waals surface area contributed by atoms with E-state index in [4.69, 9.17) is 60.6 Å². The van der Waals surface area contributed by atoms with E-state index in [1.807, 2.05) is 6.41 Å². The van der Waals surface area contributed by atoms with Crippen LogP contribution in [0.3, 0.4) is 0 Å². The van der Waals surface area contributed by atoms with Gasteiger partial charge in [0.25, 0.3) is 0 Å². The maximum absolute atomic E-state index is 14.6. The number of methoxy groups -OCH3 is 2. The molecule has 14 nitrogen and oxygen atoms in total. The molecular weight excluding hydrogens is 1020 g/mol. The van der Waals surface area contributed by atoms with Gasteiger partial charge in [0.15, 0.2) is 34.6 Å². The number of hydrogen-bond acceptors (Lipinski definition) is 12. The molecule has 2 fully saturated rings. The van der Waals surface area contributed by atoms with E-state index >= 15 is 0 Å². The van der Waals surface area contributed by atoms with Crippen LogP contribution in [0.25, 0.3) is 21.8 Å². The number of aromatic hydroxyl groups is 1. The van der Waals surface area contributed by atoms with Gasteiger partial charge in [-0.1, -0.05) is 59.9 Å². The fraction of sp³-hybridized carbons (Fsp3) is 0.289. The number of nitrogens with zero attached hydrogens (tertiary/aromatic N) is 6. The molecule has 2 aromatic heterocycles. The topological polar surface area (TPSA) is 164 Å². The predicted molar refractivity (Wildman–Crippen MR) is 249 cm³/mol. The summed E-state index contributed by atoms with van der Waals surface area (Å²) in [6.45, 7) is 8.73. The zero-order valence-electron chi connectivity index (χ0n) is 35.9. The van der Waals surface area contributed by atoms with Gasteiger partial charge in [-0.15, -0.1) is 0 Å². The summed E-state index contributed by atoms with van der Waals surface area (Å²) in [4.78, 5) is 42.1. The van der Waals surface area contributed by atoms with E-state index in [1.54, 1.807) is 35.1 Å². The molecule has 0 atom stereocenters. The van der Waals surface area contributed by atoms with Gasteiger partial charge >= 0.3 is 0 Å². The minimum atomic E-state index is -0.691. The van der Waals surface area contributed by atoms with Crippen LogP contribution in [0.15, 0.2) is 73.8 Å². The molecule has 0 aliphatic carbocycles. The number of fused-ring (bicyclic) bond motifs is 2. The summed E-state index contributed by atoms with van der Waals surface area (Å²) in [7, 11) is 2.98. The number of hydrogen-bond donors (Lipinski definition) is 3. The van der Waals surface area contributed by atoms with Gasteiger partial charge in [0, 0.05) is 81.5 Å². The van der Waals surface area contributed by atoms with Gasteiger partial charge in [-0.2, -0.15) is 6.41 Å². The van der Waals surface area contributed by atoms with E-state index in [2.05, 4.69) is 44.1 Å². The molecule has 2 saturated heterocycles. The van der Waals surface area contributed by atoms with Crippen LogP contribution in [0.2, 0.25) is 20.1 Å². The summed E-state index contributed by atoms with van der Waals surface area (Å²) >= 11 is 23.4. The molecule has 66 heavy (non-hydrogen) atoms. The Labute approximate surface area is 424 Å². The van der Waals surface area contributed by atoms with E-state index in [9.17, 15) is 23.5 Å². The van der Waals surface area contributed by atoms with Crippen LogP contribution in [0.1, 0.15) is 32.6 Å². The van der Waals surface area contributed by atoms with Crippen molar-refractivity contribution in [2.24, 2.45) is 5.92 Å². The molecule has 4 aromatic carbocycles. The number of phenolic OH excluding ortho intramolecular Hbond substituents is 1. The van der Waals surface area contributed by atoms with Crippen molar-refractivity contribution in [3.63, 3.8) is 0 Å². The van der Waals surface area contributed by atoms with Crippen LogP contribution < -0.4 is 24.8 Å². The zero-order chi connectivity index (χ0) is 46.8. The van der Waals surface area contributed by atoms with Crippen molar-refractivity contribution in [1.82, 2.24) is 29.7 Å². The average Bonchev–Trinajstić information content (AvgIpc) is 3.32.